The Bertz CT molecular complexity index is 522. The lowest BCUT2D eigenvalue weighted by Gasteiger charge is -2.16. The first kappa shape index (κ1) is 12.4. The van der Waals surface area contributed by atoms with Gasteiger partial charge in [0, 0.05) is 0 Å². The van der Waals surface area contributed by atoms with Crippen molar-refractivity contribution in [2.75, 3.05) is 0 Å². The van der Waals surface area contributed by atoms with E-state index in [1.54, 1.807) is 0 Å². The van der Waals surface area contributed by atoms with Crippen molar-refractivity contribution >= 4 is 15.9 Å². The van der Waals surface area contributed by atoms with Crippen LogP contribution in [0.4, 0.5) is 0 Å². The summed E-state index contributed by atoms with van der Waals surface area (Å²) in [4.78, 5) is 0. The Labute approximate surface area is 109 Å². The molecule has 0 spiro atoms. The van der Waals surface area contributed by atoms with Crippen molar-refractivity contribution < 1.29 is 4.42 Å². The molecule has 90 valence electrons. The highest BCUT2D eigenvalue weighted by Crippen LogP contribution is 2.27. The SMILES string of the molecule is Cc1ccc(C(NN)c2ccc(Br)o2)c(C)c1. The summed E-state index contributed by atoms with van der Waals surface area (Å²) in [6.45, 7) is 4.15. The van der Waals surface area contributed by atoms with Crippen LogP contribution in [-0.4, -0.2) is 0 Å². The number of aryl methyl sites for hydroxylation is 2. The molecule has 1 atom stereocenters. The topological polar surface area (TPSA) is 51.2 Å². The minimum Gasteiger partial charge on any atom is -0.452 e. The Balaban J connectivity index is 2.42. The maximum absolute atomic E-state index is 5.63. The van der Waals surface area contributed by atoms with Gasteiger partial charge in [-0.1, -0.05) is 23.8 Å². The number of benzene rings is 1. The van der Waals surface area contributed by atoms with Crippen molar-refractivity contribution in [2.45, 2.75) is 19.9 Å². The van der Waals surface area contributed by atoms with Gasteiger partial charge in [0.05, 0.1) is 0 Å². The minimum absolute atomic E-state index is 0.123. The summed E-state index contributed by atoms with van der Waals surface area (Å²) in [5.74, 6) is 6.43. The molecule has 3 N–H and O–H groups in total. The van der Waals surface area contributed by atoms with Crippen LogP contribution in [0.15, 0.2) is 39.4 Å². The van der Waals surface area contributed by atoms with E-state index in [1.807, 2.05) is 12.1 Å². The van der Waals surface area contributed by atoms with Gasteiger partial charge in [-0.2, -0.15) is 0 Å². The molecule has 1 unspecified atom stereocenters. The molecular formula is C13H15BrN2O. The van der Waals surface area contributed by atoms with E-state index in [2.05, 4.69) is 53.4 Å². The third-order valence-corrected chi connectivity index (χ3v) is 3.21. The zero-order chi connectivity index (χ0) is 12.4. The van der Waals surface area contributed by atoms with Gasteiger partial charge in [-0.3, -0.25) is 5.84 Å². The highest BCUT2D eigenvalue weighted by molar-refractivity contribution is 9.10. The Hall–Kier alpha value is -1.10. The summed E-state index contributed by atoms with van der Waals surface area (Å²) in [5.41, 5.74) is 6.35. The summed E-state index contributed by atoms with van der Waals surface area (Å²) in [5, 5.41) is 0. The number of nitrogens with one attached hydrogen (secondary N) is 1. The molecule has 1 heterocycles. The maximum Gasteiger partial charge on any atom is 0.169 e. The van der Waals surface area contributed by atoms with Crippen LogP contribution in [0.1, 0.15) is 28.5 Å². The number of hydrazine groups is 1. The average Bonchev–Trinajstić information content (AvgIpc) is 2.69. The van der Waals surface area contributed by atoms with Crippen molar-refractivity contribution in [3.8, 4) is 0 Å². The average molecular weight is 295 g/mol. The Kier molecular flexibility index (Phi) is 3.66. The molecule has 2 rings (SSSR count). The van der Waals surface area contributed by atoms with Crippen molar-refractivity contribution in [1.82, 2.24) is 5.43 Å². The fourth-order valence-corrected chi connectivity index (χ4v) is 2.28. The van der Waals surface area contributed by atoms with Gasteiger partial charge in [-0.25, -0.2) is 5.43 Å². The molecule has 0 aliphatic carbocycles. The lowest BCUT2D eigenvalue weighted by atomic mass is 9.98. The Morgan fingerprint density at radius 2 is 2.00 bits per heavy atom. The van der Waals surface area contributed by atoms with Gasteiger partial charge in [0.25, 0.3) is 0 Å². The van der Waals surface area contributed by atoms with Crippen LogP contribution in [0.25, 0.3) is 0 Å². The second-order valence-electron chi connectivity index (χ2n) is 4.10. The molecule has 0 amide bonds. The molecule has 0 aliphatic rings. The van der Waals surface area contributed by atoms with Crippen LogP contribution >= 0.6 is 15.9 Å². The predicted octanol–water partition coefficient (Wildman–Crippen LogP) is 3.21. The molecule has 0 fully saturated rings. The first-order valence-electron chi connectivity index (χ1n) is 5.40. The number of rotatable bonds is 3. The number of furan rings is 1. The Morgan fingerprint density at radius 3 is 2.53 bits per heavy atom. The van der Waals surface area contributed by atoms with Gasteiger partial charge in [0.2, 0.25) is 0 Å². The number of nitrogens with two attached hydrogens (primary N) is 1. The van der Waals surface area contributed by atoms with E-state index >= 15 is 0 Å². The molecule has 0 radical (unpaired) electrons. The Morgan fingerprint density at radius 1 is 1.24 bits per heavy atom. The van der Waals surface area contributed by atoms with Crippen LogP contribution < -0.4 is 11.3 Å². The lowest BCUT2D eigenvalue weighted by Crippen LogP contribution is -2.29. The molecule has 0 saturated heterocycles. The van der Waals surface area contributed by atoms with E-state index in [9.17, 15) is 0 Å². The van der Waals surface area contributed by atoms with E-state index in [0.717, 1.165) is 11.3 Å². The molecule has 0 bridgehead atoms. The number of hydrogen-bond acceptors (Lipinski definition) is 3. The van der Waals surface area contributed by atoms with Crippen molar-refractivity contribution in [2.24, 2.45) is 5.84 Å². The van der Waals surface area contributed by atoms with Gasteiger partial charge in [-0.05, 0) is 53.0 Å². The van der Waals surface area contributed by atoms with E-state index in [4.69, 9.17) is 10.3 Å². The van der Waals surface area contributed by atoms with Gasteiger partial charge >= 0.3 is 0 Å². The molecule has 3 nitrogen and oxygen atoms in total. The lowest BCUT2D eigenvalue weighted by molar-refractivity contribution is 0.436. The summed E-state index contributed by atoms with van der Waals surface area (Å²) in [6, 6.07) is 9.94. The second kappa shape index (κ2) is 5.04. The third-order valence-electron chi connectivity index (χ3n) is 2.78. The second-order valence-corrected chi connectivity index (χ2v) is 4.88. The van der Waals surface area contributed by atoms with Gasteiger partial charge in [0.1, 0.15) is 11.8 Å². The number of hydrogen-bond donors (Lipinski definition) is 2. The van der Waals surface area contributed by atoms with Crippen LogP contribution in [0.5, 0.6) is 0 Å². The van der Waals surface area contributed by atoms with E-state index < -0.39 is 0 Å². The molecule has 1 aromatic heterocycles. The zero-order valence-electron chi connectivity index (χ0n) is 9.83. The third kappa shape index (κ3) is 2.60. The molecule has 1 aromatic carbocycles. The molecule has 0 aliphatic heterocycles. The molecule has 0 saturated carbocycles. The fourth-order valence-electron chi connectivity index (χ4n) is 1.96. The van der Waals surface area contributed by atoms with E-state index in [1.165, 1.54) is 11.1 Å². The standard InChI is InChI=1S/C13H15BrN2O/c1-8-3-4-10(9(2)7-8)13(16-15)11-5-6-12(14)17-11/h3-7,13,16H,15H2,1-2H3. The summed E-state index contributed by atoms with van der Waals surface area (Å²) in [6.07, 6.45) is 0. The highest BCUT2D eigenvalue weighted by atomic mass is 79.9. The molecular weight excluding hydrogens is 280 g/mol. The van der Waals surface area contributed by atoms with Crippen LogP contribution in [-0.2, 0) is 0 Å². The highest BCUT2D eigenvalue weighted by Gasteiger charge is 2.17. The van der Waals surface area contributed by atoms with Gasteiger partial charge < -0.3 is 4.42 Å². The van der Waals surface area contributed by atoms with Crippen LogP contribution in [0, 0.1) is 13.8 Å². The van der Waals surface area contributed by atoms with Gasteiger partial charge in [-0.15, -0.1) is 0 Å². The first-order valence-corrected chi connectivity index (χ1v) is 6.19. The van der Waals surface area contributed by atoms with Gasteiger partial charge in [0.15, 0.2) is 4.67 Å². The normalized spacial score (nSPS) is 12.7. The number of halogens is 1. The minimum atomic E-state index is -0.123. The van der Waals surface area contributed by atoms with Crippen molar-refractivity contribution in [3.63, 3.8) is 0 Å². The summed E-state index contributed by atoms with van der Waals surface area (Å²) >= 11 is 3.30. The zero-order valence-corrected chi connectivity index (χ0v) is 11.4. The smallest absolute Gasteiger partial charge is 0.169 e. The molecule has 2 aromatic rings. The first-order chi connectivity index (χ1) is 8.11. The van der Waals surface area contributed by atoms with E-state index in [-0.39, 0.29) is 6.04 Å². The largest absolute Gasteiger partial charge is 0.452 e. The summed E-state index contributed by atoms with van der Waals surface area (Å²) in [7, 11) is 0. The van der Waals surface area contributed by atoms with Crippen molar-refractivity contribution in [3.05, 3.63) is 57.5 Å². The van der Waals surface area contributed by atoms with Crippen molar-refractivity contribution in [1.29, 1.82) is 0 Å². The van der Waals surface area contributed by atoms with Crippen LogP contribution in [0.3, 0.4) is 0 Å². The molecule has 4 heteroatoms. The fraction of sp³-hybridized carbons (Fsp3) is 0.231. The monoisotopic (exact) mass is 294 g/mol. The van der Waals surface area contributed by atoms with E-state index in [0.29, 0.717) is 4.67 Å². The quantitative estimate of drug-likeness (QED) is 0.675. The predicted molar refractivity (Wildman–Crippen MR) is 71.5 cm³/mol. The maximum atomic E-state index is 5.63. The van der Waals surface area contributed by atoms with Crippen LogP contribution in [0.2, 0.25) is 0 Å². The summed E-state index contributed by atoms with van der Waals surface area (Å²) < 4.78 is 6.26. The molecule has 17 heavy (non-hydrogen) atoms.